The number of aromatic carboxylic acids is 1. The average molecular weight is 446 g/mol. The molecule has 3 aromatic carbocycles. The third-order valence-electron chi connectivity index (χ3n) is 4.59. The Morgan fingerprint density at radius 2 is 1.77 bits per heavy atom. The molecule has 0 saturated heterocycles. The van der Waals surface area contributed by atoms with Crippen LogP contribution in [0.5, 0.6) is 5.75 Å². The molecule has 4 aromatic rings. The van der Waals surface area contributed by atoms with Crippen molar-refractivity contribution in [2.24, 2.45) is 0 Å². The maximum absolute atomic E-state index is 13.9. The summed E-state index contributed by atoms with van der Waals surface area (Å²) >= 11 is 1.35. The second-order valence-electron chi connectivity index (χ2n) is 6.78. The van der Waals surface area contributed by atoms with E-state index in [9.17, 15) is 27.5 Å². The van der Waals surface area contributed by atoms with Crippen LogP contribution in [0.3, 0.4) is 0 Å². The summed E-state index contributed by atoms with van der Waals surface area (Å²) in [6.45, 7) is 0.0592. The van der Waals surface area contributed by atoms with Gasteiger partial charge in [-0.25, -0.2) is 9.18 Å². The molecule has 1 N–H and O–H groups in total. The third kappa shape index (κ3) is 4.54. The van der Waals surface area contributed by atoms with Crippen molar-refractivity contribution in [2.45, 2.75) is 12.8 Å². The molecule has 3 nitrogen and oxygen atoms in total. The van der Waals surface area contributed by atoms with E-state index >= 15 is 0 Å². The number of halogens is 4. The van der Waals surface area contributed by atoms with Crippen LogP contribution in [0.2, 0.25) is 0 Å². The molecular formula is C23H14F4O3S. The number of carboxylic acids is 1. The molecule has 0 amide bonds. The smallest absolute Gasteiger partial charge is 0.416 e. The van der Waals surface area contributed by atoms with Crippen molar-refractivity contribution in [1.29, 1.82) is 0 Å². The quantitative estimate of drug-likeness (QED) is 0.336. The van der Waals surface area contributed by atoms with E-state index in [0.717, 1.165) is 33.2 Å². The molecular weight excluding hydrogens is 432 g/mol. The molecule has 1 heterocycles. The fraction of sp³-hybridized carbons (Fsp3) is 0.0870. The van der Waals surface area contributed by atoms with Gasteiger partial charge >= 0.3 is 12.1 Å². The van der Waals surface area contributed by atoms with E-state index in [1.165, 1.54) is 35.6 Å². The van der Waals surface area contributed by atoms with E-state index in [1.807, 2.05) is 12.1 Å². The highest BCUT2D eigenvalue weighted by Crippen LogP contribution is 2.36. The van der Waals surface area contributed by atoms with E-state index in [4.69, 9.17) is 4.74 Å². The van der Waals surface area contributed by atoms with E-state index in [1.54, 1.807) is 12.1 Å². The van der Waals surface area contributed by atoms with Gasteiger partial charge in [-0.05, 0) is 59.0 Å². The molecule has 0 fully saturated rings. The first kappa shape index (κ1) is 20.9. The highest BCUT2D eigenvalue weighted by atomic mass is 32.1. The van der Waals surface area contributed by atoms with Crippen molar-refractivity contribution in [2.75, 3.05) is 0 Å². The molecule has 1 aromatic heterocycles. The minimum Gasteiger partial charge on any atom is -0.488 e. The maximum Gasteiger partial charge on any atom is 0.416 e. The summed E-state index contributed by atoms with van der Waals surface area (Å²) in [5.41, 5.74) is 0.144. The summed E-state index contributed by atoms with van der Waals surface area (Å²) in [4.78, 5) is 12.0. The predicted octanol–water partition coefficient (Wildman–Crippen LogP) is 7.00. The molecule has 0 aliphatic carbocycles. The van der Waals surface area contributed by atoms with Gasteiger partial charge in [-0.15, -0.1) is 11.3 Å². The van der Waals surface area contributed by atoms with Crippen LogP contribution < -0.4 is 4.74 Å². The van der Waals surface area contributed by atoms with Gasteiger partial charge in [0.25, 0.3) is 0 Å². The van der Waals surface area contributed by atoms with Crippen LogP contribution in [0.4, 0.5) is 17.6 Å². The molecule has 0 spiro atoms. The number of fused-ring (bicyclic) bond motifs is 1. The van der Waals surface area contributed by atoms with Gasteiger partial charge < -0.3 is 9.84 Å². The fourth-order valence-electron chi connectivity index (χ4n) is 3.20. The van der Waals surface area contributed by atoms with Crippen LogP contribution in [0, 0.1) is 5.82 Å². The summed E-state index contributed by atoms with van der Waals surface area (Å²) in [6.07, 6.45) is -4.45. The second kappa shape index (κ2) is 8.03. The van der Waals surface area contributed by atoms with Crippen molar-refractivity contribution in [1.82, 2.24) is 0 Å². The molecule has 4 rings (SSSR count). The SMILES string of the molecule is O=C(O)c1cc(F)cc(-c2cccc3cc(COc4cccc(C(F)(F)F)c4)sc23)c1. The zero-order valence-electron chi connectivity index (χ0n) is 15.7. The summed E-state index contributed by atoms with van der Waals surface area (Å²) in [7, 11) is 0. The number of carboxylic acid groups (broad SMARTS) is 1. The van der Waals surface area contributed by atoms with Crippen molar-refractivity contribution < 1.29 is 32.2 Å². The van der Waals surface area contributed by atoms with E-state index < -0.39 is 23.5 Å². The average Bonchev–Trinajstić information content (AvgIpc) is 3.14. The first-order valence-corrected chi connectivity index (χ1v) is 9.88. The Morgan fingerprint density at radius 3 is 2.52 bits per heavy atom. The summed E-state index contributed by atoms with van der Waals surface area (Å²) < 4.78 is 58.9. The van der Waals surface area contributed by atoms with Crippen molar-refractivity contribution in [3.05, 3.63) is 88.6 Å². The number of hydrogen-bond acceptors (Lipinski definition) is 3. The minimum absolute atomic E-state index is 0.0592. The van der Waals surface area contributed by atoms with Crippen molar-refractivity contribution >= 4 is 27.4 Å². The van der Waals surface area contributed by atoms with Gasteiger partial charge in [0.05, 0.1) is 11.1 Å². The lowest BCUT2D eigenvalue weighted by molar-refractivity contribution is -0.137. The molecule has 0 unspecified atom stereocenters. The Bertz CT molecular complexity index is 1280. The summed E-state index contributed by atoms with van der Waals surface area (Å²) in [5.74, 6) is -1.78. The normalized spacial score (nSPS) is 11.6. The number of rotatable bonds is 5. The monoisotopic (exact) mass is 446 g/mol. The molecule has 158 valence electrons. The first-order chi connectivity index (χ1) is 14.7. The number of ether oxygens (including phenoxy) is 1. The van der Waals surface area contributed by atoms with Crippen LogP contribution in [-0.4, -0.2) is 11.1 Å². The first-order valence-electron chi connectivity index (χ1n) is 9.06. The Morgan fingerprint density at radius 1 is 1.00 bits per heavy atom. The van der Waals surface area contributed by atoms with Gasteiger partial charge in [-0.2, -0.15) is 13.2 Å². The van der Waals surface area contributed by atoms with Crippen LogP contribution in [0.1, 0.15) is 20.8 Å². The largest absolute Gasteiger partial charge is 0.488 e. The third-order valence-corrected chi connectivity index (χ3v) is 5.75. The van der Waals surface area contributed by atoms with Crippen LogP contribution in [-0.2, 0) is 12.8 Å². The highest BCUT2D eigenvalue weighted by Gasteiger charge is 2.30. The standard InChI is InChI=1S/C23H14F4O3S/c24-17-8-14(7-15(9-17)22(28)29)20-6-1-3-13-10-19(31-21(13)20)12-30-18-5-2-4-16(11-18)23(25,26)27/h1-11H,12H2,(H,28,29). The van der Waals surface area contributed by atoms with E-state index in [2.05, 4.69) is 0 Å². The van der Waals surface area contributed by atoms with Gasteiger partial charge in [0.15, 0.2) is 0 Å². The van der Waals surface area contributed by atoms with Crippen LogP contribution in [0.15, 0.2) is 66.7 Å². The Kier molecular flexibility index (Phi) is 5.41. The van der Waals surface area contributed by atoms with Crippen molar-refractivity contribution in [3.63, 3.8) is 0 Å². The molecule has 0 radical (unpaired) electrons. The van der Waals surface area contributed by atoms with Crippen molar-refractivity contribution in [3.8, 4) is 16.9 Å². The molecule has 8 heteroatoms. The molecule has 0 aliphatic rings. The zero-order valence-corrected chi connectivity index (χ0v) is 16.6. The second-order valence-corrected chi connectivity index (χ2v) is 7.92. The van der Waals surface area contributed by atoms with Gasteiger partial charge in [-0.1, -0.05) is 24.3 Å². The molecule has 0 atom stereocenters. The van der Waals surface area contributed by atoms with E-state index in [0.29, 0.717) is 11.1 Å². The predicted molar refractivity (Wildman–Crippen MR) is 110 cm³/mol. The van der Waals surface area contributed by atoms with Gasteiger partial charge in [0, 0.05) is 9.58 Å². The minimum atomic E-state index is -4.45. The lowest BCUT2D eigenvalue weighted by atomic mass is 10.0. The summed E-state index contributed by atoms with van der Waals surface area (Å²) in [6, 6.07) is 15.5. The number of thiophene rings is 1. The number of hydrogen-bond donors (Lipinski definition) is 1. The highest BCUT2D eigenvalue weighted by molar-refractivity contribution is 7.19. The van der Waals surface area contributed by atoms with Gasteiger partial charge in [0.2, 0.25) is 0 Å². The number of alkyl halides is 3. The molecule has 0 saturated carbocycles. The van der Waals surface area contributed by atoms with Crippen LogP contribution >= 0.6 is 11.3 Å². The zero-order chi connectivity index (χ0) is 22.2. The summed E-state index contributed by atoms with van der Waals surface area (Å²) in [5, 5.41) is 10.0. The fourth-order valence-corrected chi connectivity index (χ4v) is 4.31. The number of carbonyl (C=O) groups is 1. The number of benzene rings is 3. The van der Waals surface area contributed by atoms with Gasteiger partial charge in [-0.3, -0.25) is 0 Å². The lowest BCUT2D eigenvalue weighted by Gasteiger charge is -2.09. The Labute approximate surface area is 178 Å². The lowest BCUT2D eigenvalue weighted by Crippen LogP contribution is -2.05. The maximum atomic E-state index is 13.9. The molecule has 31 heavy (non-hydrogen) atoms. The topological polar surface area (TPSA) is 46.5 Å². The Balaban J connectivity index is 1.64. The van der Waals surface area contributed by atoms with Crippen LogP contribution in [0.25, 0.3) is 21.2 Å². The molecule has 0 bridgehead atoms. The van der Waals surface area contributed by atoms with E-state index in [-0.39, 0.29) is 17.9 Å². The Hall–Kier alpha value is -3.39. The van der Waals surface area contributed by atoms with Gasteiger partial charge in [0.1, 0.15) is 18.2 Å². The molecule has 0 aliphatic heterocycles.